The van der Waals surface area contributed by atoms with Crippen LogP contribution >= 0.6 is 11.6 Å². The van der Waals surface area contributed by atoms with Crippen LogP contribution in [-0.2, 0) is 9.59 Å². The van der Waals surface area contributed by atoms with Gasteiger partial charge in [-0.25, -0.2) is 4.90 Å². The van der Waals surface area contributed by atoms with E-state index in [9.17, 15) is 9.59 Å². The lowest BCUT2D eigenvalue weighted by atomic mass is 10.0. The fraction of sp³-hybridized carbons (Fsp3) is 0.304. The van der Waals surface area contributed by atoms with Crippen molar-refractivity contribution in [3.63, 3.8) is 0 Å². The molecule has 0 N–H and O–H groups in total. The number of halogens is 1. The van der Waals surface area contributed by atoms with Crippen LogP contribution < -0.4 is 9.64 Å². The van der Waals surface area contributed by atoms with Crippen molar-refractivity contribution in [2.75, 3.05) is 11.5 Å². The maximum atomic E-state index is 13.0. The van der Waals surface area contributed by atoms with E-state index >= 15 is 0 Å². The van der Waals surface area contributed by atoms with E-state index in [1.165, 1.54) is 0 Å². The van der Waals surface area contributed by atoms with E-state index in [4.69, 9.17) is 16.3 Å². The van der Waals surface area contributed by atoms with Gasteiger partial charge in [-0.05, 0) is 47.2 Å². The van der Waals surface area contributed by atoms with Crippen LogP contribution in [-0.4, -0.2) is 18.4 Å². The summed E-state index contributed by atoms with van der Waals surface area (Å²) in [6, 6.07) is 14.5. The average Bonchev–Trinajstić information content (AvgIpc) is 2.89. The van der Waals surface area contributed by atoms with Crippen molar-refractivity contribution >= 4 is 34.7 Å². The summed E-state index contributed by atoms with van der Waals surface area (Å²) in [5, 5.41) is -0.0613. The van der Waals surface area contributed by atoms with Crippen LogP contribution in [0.15, 0.2) is 53.6 Å². The summed E-state index contributed by atoms with van der Waals surface area (Å²) >= 11 is 6.26. The molecule has 1 aliphatic rings. The summed E-state index contributed by atoms with van der Waals surface area (Å²) in [7, 11) is 0. The quantitative estimate of drug-likeness (QED) is 0.616. The topological polar surface area (TPSA) is 46.6 Å². The van der Waals surface area contributed by atoms with E-state index in [2.05, 4.69) is 27.7 Å². The third-order valence-electron chi connectivity index (χ3n) is 4.57. The minimum Gasteiger partial charge on any atom is -0.493 e. The lowest BCUT2D eigenvalue weighted by molar-refractivity contribution is -0.119. The van der Waals surface area contributed by atoms with E-state index in [0.717, 1.165) is 10.5 Å². The predicted molar refractivity (Wildman–Crippen MR) is 113 cm³/mol. The van der Waals surface area contributed by atoms with Crippen molar-refractivity contribution < 1.29 is 14.3 Å². The molecule has 0 spiro atoms. The van der Waals surface area contributed by atoms with E-state index in [0.29, 0.717) is 35.4 Å². The van der Waals surface area contributed by atoms with Gasteiger partial charge in [0, 0.05) is 0 Å². The Morgan fingerprint density at radius 3 is 2.04 bits per heavy atom. The summed E-state index contributed by atoms with van der Waals surface area (Å²) in [4.78, 5) is 26.8. The van der Waals surface area contributed by atoms with Gasteiger partial charge in [-0.1, -0.05) is 63.6 Å². The number of carbonyl (C=O) groups excluding carboxylic acids is 2. The maximum Gasteiger partial charge on any atom is 0.277 e. The van der Waals surface area contributed by atoms with Crippen molar-refractivity contribution in [1.82, 2.24) is 0 Å². The summed E-state index contributed by atoms with van der Waals surface area (Å²) in [6.45, 7) is 8.94. The molecule has 2 aromatic rings. The lowest BCUT2D eigenvalue weighted by Gasteiger charge is -2.16. The van der Waals surface area contributed by atoms with Gasteiger partial charge in [-0.2, -0.15) is 0 Å². The SMILES string of the molecule is CC(C)COc1ccc(C2=C(Cl)C(=O)N(c3ccc(C(C)C)cc3)C2=O)cc1. The molecular weight excluding hydrogens is 374 g/mol. The third kappa shape index (κ3) is 3.97. The highest BCUT2D eigenvalue weighted by molar-refractivity contribution is 6.60. The molecule has 4 nitrogen and oxygen atoms in total. The molecule has 0 fully saturated rings. The molecule has 2 aromatic carbocycles. The van der Waals surface area contributed by atoms with Crippen molar-refractivity contribution in [3.05, 3.63) is 64.7 Å². The van der Waals surface area contributed by atoms with Crippen molar-refractivity contribution in [3.8, 4) is 5.75 Å². The van der Waals surface area contributed by atoms with E-state index in [1.807, 2.05) is 12.1 Å². The minimum absolute atomic E-state index is 0.0613. The highest BCUT2D eigenvalue weighted by atomic mass is 35.5. The average molecular weight is 398 g/mol. The molecule has 0 saturated carbocycles. The monoisotopic (exact) mass is 397 g/mol. The van der Waals surface area contributed by atoms with Crippen LogP contribution in [0.3, 0.4) is 0 Å². The summed E-state index contributed by atoms with van der Waals surface area (Å²) in [5.41, 5.74) is 2.47. The molecule has 0 aliphatic carbocycles. The zero-order chi connectivity index (χ0) is 20.4. The zero-order valence-corrected chi connectivity index (χ0v) is 17.3. The number of nitrogens with zero attached hydrogens (tertiary/aromatic N) is 1. The number of carbonyl (C=O) groups is 2. The van der Waals surface area contributed by atoms with Gasteiger partial charge < -0.3 is 4.74 Å². The molecule has 3 rings (SSSR count). The van der Waals surface area contributed by atoms with Gasteiger partial charge in [0.1, 0.15) is 10.8 Å². The Bertz CT molecular complexity index is 912. The maximum absolute atomic E-state index is 13.0. The number of ether oxygens (including phenoxy) is 1. The summed E-state index contributed by atoms with van der Waals surface area (Å²) in [5.74, 6) is 0.587. The van der Waals surface area contributed by atoms with Gasteiger partial charge in [-0.3, -0.25) is 9.59 Å². The standard InChI is InChI=1S/C23H24ClNO3/c1-14(2)13-28-19-11-7-17(8-12-19)20-21(24)23(27)25(22(20)26)18-9-5-16(6-10-18)15(3)4/h5-12,14-15H,13H2,1-4H3. The second-order valence-electron chi connectivity index (χ2n) is 7.61. The number of rotatable bonds is 6. The molecule has 0 radical (unpaired) electrons. The van der Waals surface area contributed by atoms with E-state index in [-0.39, 0.29) is 10.6 Å². The van der Waals surface area contributed by atoms with Gasteiger partial charge in [0.2, 0.25) is 0 Å². The van der Waals surface area contributed by atoms with Crippen molar-refractivity contribution in [2.45, 2.75) is 33.6 Å². The predicted octanol–water partition coefficient (Wildman–Crippen LogP) is 5.37. The number of hydrogen-bond acceptors (Lipinski definition) is 3. The van der Waals surface area contributed by atoms with E-state index in [1.54, 1.807) is 36.4 Å². The first-order chi connectivity index (χ1) is 13.3. The van der Waals surface area contributed by atoms with Gasteiger partial charge in [0.25, 0.3) is 11.8 Å². The molecular formula is C23H24ClNO3. The normalized spacial score (nSPS) is 14.6. The number of hydrogen-bond donors (Lipinski definition) is 0. The van der Waals surface area contributed by atoms with Crippen LogP contribution in [0.4, 0.5) is 5.69 Å². The Morgan fingerprint density at radius 2 is 1.50 bits per heavy atom. The van der Waals surface area contributed by atoms with Crippen LogP contribution in [0.5, 0.6) is 5.75 Å². The minimum atomic E-state index is -0.501. The van der Waals surface area contributed by atoms with Crippen LogP contribution in [0, 0.1) is 5.92 Å². The number of anilines is 1. The Kier molecular flexibility index (Phi) is 5.90. The van der Waals surface area contributed by atoms with Gasteiger partial charge in [0.15, 0.2) is 0 Å². The van der Waals surface area contributed by atoms with Gasteiger partial charge in [0.05, 0.1) is 17.9 Å². The third-order valence-corrected chi connectivity index (χ3v) is 4.92. The first-order valence-corrected chi connectivity index (χ1v) is 9.79. The molecule has 0 saturated heterocycles. The van der Waals surface area contributed by atoms with Crippen molar-refractivity contribution in [2.24, 2.45) is 5.92 Å². The highest BCUT2D eigenvalue weighted by Crippen LogP contribution is 2.35. The molecule has 0 atom stereocenters. The molecule has 1 heterocycles. The Morgan fingerprint density at radius 1 is 0.893 bits per heavy atom. The Labute approximate surface area is 170 Å². The van der Waals surface area contributed by atoms with Crippen LogP contribution in [0.25, 0.3) is 5.57 Å². The smallest absolute Gasteiger partial charge is 0.277 e. The lowest BCUT2D eigenvalue weighted by Crippen LogP contribution is -2.31. The Hall–Kier alpha value is -2.59. The molecule has 1 aliphatic heterocycles. The van der Waals surface area contributed by atoms with Crippen molar-refractivity contribution in [1.29, 1.82) is 0 Å². The molecule has 0 bridgehead atoms. The van der Waals surface area contributed by atoms with Crippen LogP contribution in [0.1, 0.15) is 44.7 Å². The Balaban J connectivity index is 1.85. The number of benzene rings is 2. The molecule has 146 valence electrons. The number of amides is 2. The van der Waals surface area contributed by atoms with E-state index < -0.39 is 11.8 Å². The second kappa shape index (κ2) is 8.19. The second-order valence-corrected chi connectivity index (χ2v) is 7.99. The zero-order valence-electron chi connectivity index (χ0n) is 16.5. The van der Waals surface area contributed by atoms with Crippen LogP contribution in [0.2, 0.25) is 0 Å². The first kappa shape index (κ1) is 20.2. The molecule has 0 aromatic heterocycles. The molecule has 5 heteroatoms. The highest BCUT2D eigenvalue weighted by Gasteiger charge is 2.39. The van der Waals surface area contributed by atoms with Gasteiger partial charge in [-0.15, -0.1) is 0 Å². The summed E-state index contributed by atoms with van der Waals surface area (Å²) < 4.78 is 5.67. The molecule has 28 heavy (non-hydrogen) atoms. The summed E-state index contributed by atoms with van der Waals surface area (Å²) in [6.07, 6.45) is 0. The fourth-order valence-electron chi connectivity index (χ4n) is 2.98. The first-order valence-electron chi connectivity index (χ1n) is 9.41. The molecule has 2 amide bonds. The number of imide groups is 1. The molecule has 0 unspecified atom stereocenters. The fourth-order valence-corrected chi connectivity index (χ4v) is 3.25. The largest absolute Gasteiger partial charge is 0.493 e. The van der Waals surface area contributed by atoms with Gasteiger partial charge >= 0.3 is 0 Å².